The van der Waals surface area contributed by atoms with E-state index in [0.29, 0.717) is 18.4 Å². The maximum atomic E-state index is 14.3. The molecule has 2 aliphatic rings. The number of hydrogen-bond acceptors (Lipinski definition) is 6. The molecule has 2 heterocycles. The zero-order valence-electron chi connectivity index (χ0n) is 24.6. The first-order chi connectivity index (χ1) is 20.5. The Labute approximate surface area is 251 Å². The van der Waals surface area contributed by atoms with Crippen LogP contribution in [-0.2, 0) is 36.8 Å². The summed E-state index contributed by atoms with van der Waals surface area (Å²) in [5, 5.41) is 21.3. The van der Waals surface area contributed by atoms with Gasteiger partial charge in [-0.3, -0.25) is 24.0 Å². The van der Waals surface area contributed by atoms with Crippen LogP contribution in [0.5, 0.6) is 0 Å². The lowest BCUT2D eigenvalue weighted by Crippen LogP contribution is -2.65. The first-order valence-electron chi connectivity index (χ1n) is 14.6. The van der Waals surface area contributed by atoms with Gasteiger partial charge in [-0.15, -0.1) is 0 Å². The zero-order valence-corrected chi connectivity index (χ0v) is 24.6. The fourth-order valence-electron chi connectivity index (χ4n) is 5.53. The van der Waals surface area contributed by atoms with E-state index in [1.807, 2.05) is 30.3 Å². The van der Waals surface area contributed by atoms with Crippen LogP contribution in [0.25, 0.3) is 0 Å². The molecule has 5 amide bonds. The molecule has 5 atom stereocenters. The van der Waals surface area contributed by atoms with E-state index in [-0.39, 0.29) is 19.4 Å². The van der Waals surface area contributed by atoms with Crippen molar-refractivity contribution in [2.45, 2.75) is 76.2 Å². The minimum atomic E-state index is -2.05. The summed E-state index contributed by atoms with van der Waals surface area (Å²) in [5.74, 6) is -3.60. The monoisotopic (exact) mass is 586 g/mol. The van der Waals surface area contributed by atoms with Crippen LogP contribution in [0.1, 0.15) is 44.7 Å². The second-order valence-electron chi connectivity index (χ2n) is 11.5. The largest absolute Gasteiger partial charge is 0.343 e. The van der Waals surface area contributed by atoms with Gasteiger partial charge in [0, 0.05) is 19.4 Å². The summed E-state index contributed by atoms with van der Waals surface area (Å²) in [6.07, 6.45) is 0.828. The third kappa shape index (κ3) is 7.20. The molecule has 4 rings (SSSR count). The Morgan fingerprint density at radius 2 is 1.49 bits per heavy atom. The third-order valence-electron chi connectivity index (χ3n) is 7.94. The maximum absolute atomic E-state index is 14.3. The summed E-state index contributed by atoms with van der Waals surface area (Å²) in [6.45, 7) is 5.13. The fourth-order valence-corrected chi connectivity index (χ4v) is 5.53. The Morgan fingerprint density at radius 3 is 2.09 bits per heavy atom. The Bertz CT molecular complexity index is 1390. The van der Waals surface area contributed by atoms with Gasteiger partial charge in [0.25, 0.3) is 5.91 Å². The topological polar surface area (TPSA) is 160 Å². The van der Waals surface area contributed by atoms with Gasteiger partial charge in [-0.25, -0.2) is 0 Å². The lowest BCUT2D eigenvalue weighted by Gasteiger charge is -2.35. The molecule has 0 radical (unpaired) electrons. The van der Waals surface area contributed by atoms with E-state index in [4.69, 9.17) is 0 Å². The molecule has 2 fully saturated rings. The highest BCUT2D eigenvalue weighted by Crippen LogP contribution is 2.25. The molecule has 0 aliphatic carbocycles. The lowest BCUT2D eigenvalue weighted by molar-refractivity contribution is -0.144. The second kappa shape index (κ2) is 13.5. The van der Waals surface area contributed by atoms with Crippen LogP contribution in [-0.4, -0.2) is 70.7 Å². The van der Waals surface area contributed by atoms with Crippen LogP contribution in [0.2, 0.25) is 0 Å². The number of benzene rings is 2. The lowest BCUT2D eigenvalue weighted by atomic mass is 9.89. The number of rotatable bonds is 5. The SMILES string of the molecule is CC(C)[C@@H]1NC(=O)[C@@H](C)NC(=O)[C@H](Cc2ccccc2)NC(=O)[C@@H]2CCCN2C(=O)[C@@](C#N)(Cc2ccccc2)NC1=O. The number of carbonyl (C=O) groups excluding carboxylic acids is 5. The van der Waals surface area contributed by atoms with Gasteiger partial charge < -0.3 is 26.2 Å². The Kier molecular flexibility index (Phi) is 9.80. The summed E-state index contributed by atoms with van der Waals surface area (Å²) >= 11 is 0. The van der Waals surface area contributed by atoms with Crippen molar-refractivity contribution >= 4 is 29.5 Å². The van der Waals surface area contributed by atoms with Crippen LogP contribution in [0, 0.1) is 17.2 Å². The molecule has 43 heavy (non-hydrogen) atoms. The number of hydrogen-bond donors (Lipinski definition) is 4. The summed E-state index contributed by atoms with van der Waals surface area (Å²) in [7, 11) is 0. The predicted molar refractivity (Wildman–Crippen MR) is 158 cm³/mol. The molecule has 2 saturated heterocycles. The first-order valence-corrected chi connectivity index (χ1v) is 14.6. The van der Waals surface area contributed by atoms with Gasteiger partial charge in [-0.1, -0.05) is 74.5 Å². The molecule has 2 aromatic carbocycles. The molecule has 226 valence electrons. The van der Waals surface area contributed by atoms with Crippen LogP contribution in [0.4, 0.5) is 0 Å². The summed E-state index contributed by atoms with van der Waals surface area (Å²) in [4.78, 5) is 69.7. The highest BCUT2D eigenvalue weighted by molar-refractivity contribution is 6.01. The van der Waals surface area contributed by atoms with Crippen molar-refractivity contribution in [2.75, 3.05) is 6.54 Å². The van der Waals surface area contributed by atoms with Crippen LogP contribution >= 0.6 is 0 Å². The van der Waals surface area contributed by atoms with Gasteiger partial charge >= 0.3 is 0 Å². The minimum absolute atomic E-state index is 0.147. The smallest absolute Gasteiger partial charge is 0.264 e. The molecule has 2 aromatic rings. The summed E-state index contributed by atoms with van der Waals surface area (Å²) in [5.41, 5.74) is -0.631. The Morgan fingerprint density at radius 1 is 0.860 bits per heavy atom. The van der Waals surface area contributed by atoms with Gasteiger partial charge in [0.2, 0.25) is 29.2 Å². The van der Waals surface area contributed by atoms with Crippen molar-refractivity contribution < 1.29 is 24.0 Å². The number of amides is 5. The van der Waals surface area contributed by atoms with E-state index in [0.717, 1.165) is 5.56 Å². The van der Waals surface area contributed by atoms with Gasteiger partial charge in [-0.05, 0) is 36.8 Å². The number of fused-ring (bicyclic) bond motifs is 1. The highest BCUT2D eigenvalue weighted by atomic mass is 16.2. The van der Waals surface area contributed by atoms with Gasteiger partial charge in [0.15, 0.2) is 0 Å². The molecule has 0 spiro atoms. The molecular weight excluding hydrogens is 548 g/mol. The van der Waals surface area contributed by atoms with E-state index in [2.05, 4.69) is 27.3 Å². The van der Waals surface area contributed by atoms with Crippen molar-refractivity contribution in [3.63, 3.8) is 0 Å². The molecule has 2 aliphatic heterocycles. The van der Waals surface area contributed by atoms with E-state index in [1.54, 1.807) is 44.2 Å². The third-order valence-corrected chi connectivity index (χ3v) is 7.94. The Hall–Kier alpha value is -4.72. The molecule has 0 aromatic heterocycles. The molecule has 0 unspecified atom stereocenters. The maximum Gasteiger partial charge on any atom is 0.264 e. The molecule has 0 bridgehead atoms. The van der Waals surface area contributed by atoms with E-state index in [9.17, 15) is 29.2 Å². The van der Waals surface area contributed by atoms with Crippen LogP contribution in [0.3, 0.4) is 0 Å². The quantitative estimate of drug-likeness (QED) is 0.409. The number of nitriles is 1. The number of nitrogens with one attached hydrogen (secondary N) is 4. The molecule has 11 nitrogen and oxygen atoms in total. The fraction of sp³-hybridized carbons (Fsp3) is 0.438. The molecule has 0 saturated carbocycles. The van der Waals surface area contributed by atoms with Crippen molar-refractivity contribution in [3.05, 3.63) is 71.8 Å². The predicted octanol–water partition coefficient (Wildman–Crippen LogP) is 0.985. The molecule has 11 heteroatoms. The molecule has 4 N–H and O–H groups in total. The highest BCUT2D eigenvalue weighted by Gasteiger charge is 2.49. The van der Waals surface area contributed by atoms with Crippen molar-refractivity contribution in [3.8, 4) is 6.07 Å². The van der Waals surface area contributed by atoms with Crippen LogP contribution < -0.4 is 21.3 Å². The van der Waals surface area contributed by atoms with Crippen molar-refractivity contribution in [1.82, 2.24) is 26.2 Å². The average Bonchev–Trinajstić information content (AvgIpc) is 3.49. The zero-order chi connectivity index (χ0) is 31.1. The average molecular weight is 587 g/mol. The van der Waals surface area contributed by atoms with E-state index in [1.165, 1.54) is 11.8 Å². The summed E-state index contributed by atoms with van der Waals surface area (Å²) in [6, 6.07) is 15.9. The van der Waals surface area contributed by atoms with Crippen LogP contribution in [0.15, 0.2) is 60.7 Å². The number of carbonyl (C=O) groups is 5. The number of nitrogens with zero attached hydrogens (tertiary/aromatic N) is 2. The normalized spacial score (nSPS) is 27.1. The van der Waals surface area contributed by atoms with E-state index < -0.39 is 65.2 Å². The summed E-state index contributed by atoms with van der Waals surface area (Å²) < 4.78 is 0. The first kappa shape index (κ1) is 31.2. The van der Waals surface area contributed by atoms with E-state index >= 15 is 0 Å². The van der Waals surface area contributed by atoms with Gasteiger partial charge in [0.05, 0.1) is 0 Å². The van der Waals surface area contributed by atoms with Crippen molar-refractivity contribution in [1.29, 1.82) is 5.26 Å². The Balaban J connectivity index is 1.77. The van der Waals surface area contributed by atoms with Crippen molar-refractivity contribution in [2.24, 2.45) is 5.92 Å². The van der Waals surface area contributed by atoms with Gasteiger partial charge in [0.1, 0.15) is 30.2 Å². The standard InChI is InChI=1S/C32H38N6O5/c1-20(2)26-30(42)37-32(19-33,18-23-13-8-5-9-14-23)31(43)38-16-10-15-25(38)29(41)35-24(17-22-11-6-4-7-12-22)28(40)34-21(3)27(39)36-26/h4-9,11-14,20-21,24-26H,10,15-18H2,1-3H3,(H,34,40)(H,35,41)(H,36,39)(H,37,42)/t21-,24+,25+,26+,32+/m1/s1. The second-order valence-corrected chi connectivity index (χ2v) is 11.5. The van der Waals surface area contributed by atoms with Gasteiger partial charge in [-0.2, -0.15) is 5.26 Å². The molecular formula is C32H38N6O5. The minimum Gasteiger partial charge on any atom is -0.343 e.